The molecule has 0 saturated carbocycles. The predicted octanol–water partition coefficient (Wildman–Crippen LogP) is -4.43. The molecule has 1 aromatic rings. The van der Waals surface area contributed by atoms with Crippen LogP contribution in [0.15, 0.2) is 34.3 Å². The number of carbonyl (C=O) groups excluding carboxylic acids is 1. The number of likely N-dealkylation sites (N-methyl/N-ethyl adjacent to an activating group) is 2. The third-order valence-electron chi connectivity index (χ3n) is 8.10. The first kappa shape index (κ1) is 88.9. The number of nitrogens with one attached hydrogen (secondary N) is 1. The molecule has 1 amide bonds. The maximum atomic E-state index is 10.9. The van der Waals surface area contributed by atoms with Crippen LogP contribution in [0.2, 0.25) is 25.7 Å². The Morgan fingerprint density at radius 1 is 0.840 bits per heavy atom. The van der Waals surface area contributed by atoms with Crippen molar-refractivity contribution in [3.8, 4) is 0 Å². The van der Waals surface area contributed by atoms with Crippen molar-refractivity contribution in [2.24, 2.45) is 67.0 Å². The van der Waals surface area contributed by atoms with Gasteiger partial charge in [-0.05, 0) is 96.6 Å². The summed E-state index contributed by atoms with van der Waals surface area (Å²) in [5.41, 5.74) is 55.1. The van der Waals surface area contributed by atoms with E-state index in [1.54, 1.807) is 12.1 Å². The Balaban J connectivity index is -0.000000114. The number of azide groups is 1. The maximum absolute atomic E-state index is 10.9. The second kappa shape index (κ2) is 62.1. The number of hydrogen-bond acceptors (Lipinski definition) is 19. The largest absolute Gasteiger partial charge is 1.00 e. The molecule has 1 saturated heterocycles. The molecule has 0 unspecified atom stereocenters. The Morgan fingerprint density at radius 3 is 1.65 bits per heavy atom. The van der Waals surface area contributed by atoms with E-state index in [1.807, 2.05) is 27.9 Å². The van der Waals surface area contributed by atoms with Gasteiger partial charge in [0.05, 0.1) is 58.2 Å². The van der Waals surface area contributed by atoms with Gasteiger partial charge in [0.15, 0.2) is 0 Å². The van der Waals surface area contributed by atoms with Crippen molar-refractivity contribution in [1.29, 1.82) is 0 Å². The lowest BCUT2D eigenvalue weighted by atomic mass is 10.2. The average molecular weight is 1160 g/mol. The Morgan fingerprint density at radius 2 is 1.39 bits per heavy atom. The summed E-state index contributed by atoms with van der Waals surface area (Å²) in [6.07, 6.45) is 3.36. The molecule has 23 N–H and O–H groups in total. The van der Waals surface area contributed by atoms with E-state index in [0.29, 0.717) is 45.7 Å². The molecule has 1 fully saturated rings. The van der Waals surface area contributed by atoms with Gasteiger partial charge in [0.25, 0.3) is 0 Å². The number of sulfonamides is 2. The maximum Gasteiger partial charge on any atom is 0.238 e. The third-order valence-corrected chi connectivity index (χ3v) is 11.7. The summed E-state index contributed by atoms with van der Waals surface area (Å²) in [5.74, 6) is -0.0972. The lowest BCUT2D eigenvalue weighted by molar-refractivity contribution is -0.870. The number of morpholine rings is 1. The Bertz CT molecular complexity index is 1660. The van der Waals surface area contributed by atoms with E-state index < -0.39 is 28.1 Å². The van der Waals surface area contributed by atoms with Crippen LogP contribution < -0.4 is 79.6 Å². The zero-order chi connectivity index (χ0) is 58.9. The van der Waals surface area contributed by atoms with Crippen molar-refractivity contribution < 1.29 is 48.0 Å². The number of halogens is 1. The predicted molar refractivity (Wildman–Crippen MR) is 311 cm³/mol. The van der Waals surface area contributed by atoms with E-state index in [2.05, 4.69) is 75.9 Å². The first-order valence-electron chi connectivity index (χ1n) is 24.8. The molecule has 0 aliphatic carbocycles. The van der Waals surface area contributed by atoms with Crippen LogP contribution in [0, 0.1) is 6.57 Å². The summed E-state index contributed by atoms with van der Waals surface area (Å²) in [5, 5.41) is 15.3. The molecule has 0 radical (unpaired) electrons. The Labute approximate surface area is 462 Å². The zero-order valence-electron chi connectivity index (χ0n) is 47.8. The smallest absolute Gasteiger partial charge is 0.238 e. The SMILES string of the molecule is CC(C)NC(=O)CCN.CN(C)CCN.C[N+](C)(C)CCOCCCN.C[Si](C)(C)CCCN.NCCN1CCOCC1.NCCS(N)(=O)=O.NCCc1ccc(S(N)(=O)=O)cc1.[C-]#[N+]CCN.[Cl-].[N-]=[N+]=NCCN. The molecule has 2 rings (SSSR count). The zero-order valence-corrected chi connectivity index (χ0v) is 51.2. The molecule has 26 nitrogen and oxygen atoms in total. The molecule has 1 aliphatic heterocycles. The number of amides is 1. The number of primary sulfonamides is 2. The third kappa shape index (κ3) is 97.3. The highest BCUT2D eigenvalue weighted by atomic mass is 35.5. The van der Waals surface area contributed by atoms with Crippen LogP contribution in [0.1, 0.15) is 38.7 Å². The van der Waals surface area contributed by atoms with Gasteiger partial charge in [-0.3, -0.25) is 9.69 Å². The molecule has 1 aliphatic rings. The lowest BCUT2D eigenvalue weighted by Gasteiger charge is -2.25. The van der Waals surface area contributed by atoms with Crippen molar-refractivity contribution in [3.63, 3.8) is 0 Å². The van der Waals surface area contributed by atoms with Crippen molar-refractivity contribution in [1.82, 2.24) is 15.1 Å². The Hall–Kier alpha value is -2.74. The summed E-state index contributed by atoms with van der Waals surface area (Å²) >= 11 is 0. The molecular weight excluding hydrogens is 1050 g/mol. The van der Waals surface area contributed by atoms with Crippen molar-refractivity contribution in [3.05, 3.63) is 51.7 Å². The molecular formula is C45H110ClN19O7S2Si. The van der Waals surface area contributed by atoms with Crippen molar-refractivity contribution in [2.45, 2.75) is 76.2 Å². The summed E-state index contributed by atoms with van der Waals surface area (Å²) in [4.78, 5) is 20.6. The first-order chi connectivity index (χ1) is 34.4. The van der Waals surface area contributed by atoms with Gasteiger partial charge in [-0.1, -0.05) is 42.9 Å². The number of carbonyl (C=O) groups is 1. The van der Waals surface area contributed by atoms with Gasteiger partial charge in [-0.2, -0.15) is 0 Å². The minimum absolute atomic E-state index is 0. The van der Waals surface area contributed by atoms with E-state index >= 15 is 0 Å². The van der Waals surface area contributed by atoms with E-state index in [4.69, 9.17) is 78.3 Å². The first-order valence-corrected chi connectivity index (χ1v) is 31.8. The number of nitrogens with two attached hydrogens (primary N) is 11. The van der Waals surface area contributed by atoms with Gasteiger partial charge >= 0.3 is 0 Å². The molecule has 30 heteroatoms. The number of hydrogen-bond donors (Lipinski definition) is 12. The van der Waals surface area contributed by atoms with Crippen LogP contribution in [0.3, 0.4) is 0 Å². The van der Waals surface area contributed by atoms with Crippen LogP contribution in [-0.2, 0) is 40.7 Å². The molecule has 1 aromatic carbocycles. The van der Waals surface area contributed by atoms with Crippen LogP contribution in [-0.4, -0.2) is 223 Å². The second-order valence-electron chi connectivity index (χ2n) is 18.6. The summed E-state index contributed by atoms with van der Waals surface area (Å²) in [6.45, 7) is 31.7. The average Bonchev–Trinajstić information content (AvgIpc) is 3.29. The lowest BCUT2D eigenvalue weighted by Crippen LogP contribution is -3.00. The fourth-order valence-corrected chi connectivity index (χ4v) is 6.50. The number of nitrogens with zero attached hydrogens (tertiary/aromatic N) is 7. The van der Waals surface area contributed by atoms with Gasteiger partial charge in [-0.25, -0.2) is 33.7 Å². The van der Waals surface area contributed by atoms with E-state index in [9.17, 15) is 21.6 Å². The van der Waals surface area contributed by atoms with E-state index in [-0.39, 0.29) is 41.5 Å². The Kier molecular flexibility index (Phi) is 73.6. The summed E-state index contributed by atoms with van der Waals surface area (Å²) in [7, 11) is 2.87. The molecule has 450 valence electrons. The van der Waals surface area contributed by atoms with Gasteiger partial charge < -0.3 is 93.0 Å². The summed E-state index contributed by atoms with van der Waals surface area (Å²) in [6, 6.07) is 8.01. The minimum Gasteiger partial charge on any atom is -1.00 e. The van der Waals surface area contributed by atoms with Crippen molar-refractivity contribution in [2.75, 3.05) is 172 Å². The topological polar surface area (TPSA) is 462 Å². The highest BCUT2D eigenvalue weighted by Gasteiger charge is 2.11. The fourth-order valence-electron chi connectivity index (χ4n) is 4.39. The number of ether oxygens (including phenoxy) is 2. The second-order valence-corrected chi connectivity index (χ2v) is 27.5. The van der Waals surface area contributed by atoms with Crippen LogP contribution in [0.25, 0.3) is 15.3 Å². The molecule has 0 aromatic heterocycles. The quantitative estimate of drug-likeness (QED) is 0.00884. The highest BCUT2D eigenvalue weighted by molar-refractivity contribution is 7.89. The molecule has 0 atom stereocenters. The highest BCUT2D eigenvalue weighted by Crippen LogP contribution is 2.09. The number of benzene rings is 1. The molecule has 0 bridgehead atoms. The number of quaternary nitrogens is 1. The molecule has 0 spiro atoms. The van der Waals surface area contributed by atoms with Gasteiger partial charge in [0, 0.05) is 91.0 Å². The normalized spacial score (nSPS) is 11.8. The van der Waals surface area contributed by atoms with Gasteiger partial charge in [0.2, 0.25) is 32.5 Å². The van der Waals surface area contributed by atoms with Crippen LogP contribution in [0.5, 0.6) is 0 Å². The minimum atomic E-state index is -3.57. The standard InChI is InChI=1S/C8H12N2O2S.C8H21N2O.2C6H14N2O.C6H17NSi.C4H12N2.C3H6N2.C2H6N4.C2H8N2O2S.ClH/c9-6-5-7-1-3-8(4-2-7)13(10,11)12;1-10(2,3)6-8-11-7-4-5-9;7-1-2-8-3-5-9-6-4-8;1-5(2)8-6(9)3-4-7;1-8(2,3)6-4-5-7;1-6(2)4-3-5;1-5-3-2-4;3-1-2-5-6-4;3-1-2-7(4,5)6;/h1-4H,5-6,9H2,(H2,10,11,12);4-9H2,1-3H3;1-7H2;5H,3-4,7H2,1-2H3,(H,8,9);4-7H2,1-3H3;3-5H2,1-2H3;2-4H2;1-3H2;1-3H2,(H2,4,5,6);1H/q;+1;;;;;;;;/p-1. The van der Waals surface area contributed by atoms with Crippen LogP contribution in [0.4, 0.5) is 0 Å². The van der Waals surface area contributed by atoms with Crippen molar-refractivity contribution >= 4 is 34.0 Å². The fraction of sp³-hybridized carbons (Fsp3) is 0.822. The molecule has 1 heterocycles. The van der Waals surface area contributed by atoms with Gasteiger partial charge in [0.1, 0.15) is 6.54 Å². The van der Waals surface area contributed by atoms with Crippen LogP contribution >= 0.6 is 0 Å². The molecule has 75 heavy (non-hydrogen) atoms. The number of rotatable bonds is 24. The monoisotopic (exact) mass is 1160 g/mol. The summed E-state index contributed by atoms with van der Waals surface area (Å²) < 4.78 is 53.0. The van der Waals surface area contributed by atoms with E-state index in [1.165, 1.54) is 24.6 Å². The van der Waals surface area contributed by atoms with E-state index in [0.717, 1.165) is 108 Å². The van der Waals surface area contributed by atoms with Gasteiger partial charge in [-0.15, -0.1) is 0 Å².